The number of nitrogens with one attached hydrogen (secondary N) is 1. The van der Waals surface area contributed by atoms with E-state index in [2.05, 4.69) is 15.3 Å². The van der Waals surface area contributed by atoms with Crippen LogP contribution in [-0.2, 0) is 6.54 Å². The minimum atomic E-state index is -0.966. The number of aromatic carboxylic acids is 1. The van der Waals surface area contributed by atoms with Crippen molar-refractivity contribution in [3.63, 3.8) is 0 Å². The number of carbonyl (C=O) groups excluding carboxylic acids is 1. The maximum absolute atomic E-state index is 12.4. The summed E-state index contributed by atoms with van der Waals surface area (Å²) < 4.78 is 0. The van der Waals surface area contributed by atoms with Gasteiger partial charge in [-0.15, -0.1) is 0 Å². The van der Waals surface area contributed by atoms with Gasteiger partial charge >= 0.3 is 5.97 Å². The number of carbonyl (C=O) groups is 2. The summed E-state index contributed by atoms with van der Waals surface area (Å²) in [4.78, 5) is 31.7. The molecular formula is C17H17N3O3. The van der Waals surface area contributed by atoms with Crippen LogP contribution in [0.3, 0.4) is 0 Å². The highest BCUT2D eigenvalue weighted by molar-refractivity contribution is 5.95. The van der Waals surface area contributed by atoms with Gasteiger partial charge in [0.2, 0.25) is 0 Å². The molecule has 6 heteroatoms. The van der Waals surface area contributed by atoms with Gasteiger partial charge in [-0.25, -0.2) is 14.8 Å². The van der Waals surface area contributed by atoms with Gasteiger partial charge in [-0.05, 0) is 37.5 Å². The van der Waals surface area contributed by atoms with Gasteiger partial charge in [0.15, 0.2) is 0 Å². The lowest BCUT2D eigenvalue weighted by Crippen LogP contribution is -2.25. The molecule has 2 N–H and O–H groups in total. The quantitative estimate of drug-likeness (QED) is 0.884. The third-order valence-electron chi connectivity index (χ3n) is 3.80. The summed E-state index contributed by atoms with van der Waals surface area (Å²) in [6.45, 7) is 2.15. The number of benzene rings is 1. The van der Waals surface area contributed by atoms with Gasteiger partial charge < -0.3 is 10.4 Å². The molecule has 0 aliphatic heterocycles. The smallest absolute Gasteiger partial charge is 0.335 e. The molecule has 1 saturated carbocycles. The Morgan fingerprint density at radius 3 is 2.57 bits per heavy atom. The highest BCUT2D eigenvalue weighted by Crippen LogP contribution is 2.40. The molecule has 1 aliphatic rings. The zero-order valence-electron chi connectivity index (χ0n) is 12.7. The first-order chi connectivity index (χ1) is 11.0. The molecule has 2 aromatic rings. The molecule has 0 spiro atoms. The summed E-state index contributed by atoms with van der Waals surface area (Å²) >= 11 is 0. The molecular weight excluding hydrogens is 294 g/mol. The number of carboxylic acids is 1. The average Bonchev–Trinajstić information content (AvgIpc) is 3.37. The Labute approximate surface area is 133 Å². The Balaban J connectivity index is 1.69. The van der Waals surface area contributed by atoms with Crippen molar-refractivity contribution in [1.29, 1.82) is 0 Å². The second kappa shape index (κ2) is 6.16. The maximum Gasteiger partial charge on any atom is 0.335 e. The summed E-state index contributed by atoms with van der Waals surface area (Å²) in [5.41, 5.74) is 2.42. The summed E-state index contributed by atoms with van der Waals surface area (Å²) in [6, 6.07) is 6.43. The van der Waals surface area contributed by atoms with E-state index in [0.29, 0.717) is 23.9 Å². The monoisotopic (exact) mass is 311 g/mol. The Bertz CT molecular complexity index is 752. The molecule has 1 heterocycles. The van der Waals surface area contributed by atoms with Crippen LogP contribution in [0.2, 0.25) is 0 Å². The predicted octanol–water partition coefficient (Wildman–Crippen LogP) is 2.29. The highest BCUT2D eigenvalue weighted by atomic mass is 16.4. The van der Waals surface area contributed by atoms with E-state index in [0.717, 1.165) is 24.1 Å². The molecule has 23 heavy (non-hydrogen) atoms. The zero-order chi connectivity index (χ0) is 16.4. The lowest BCUT2D eigenvalue weighted by Gasteiger charge is -2.09. The molecule has 1 fully saturated rings. The molecule has 118 valence electrons. The summed E-state index contributed by atoms with van der Waals surface area (Å²) in [5, 5.41) is 11.7. The molecule has 3 rings (SSSR count). The van der Waals surface area contributed by atoms with Gasteiger partial charge in [0.05, 0.1) is 16.8 Å². The minimum absolute atomic E-state index is 0.200. The fourth-order valence-corrected chi connectivity index (χ4v) is 2.37. The molecule has 0 bridgehead atoms. The highest BCUT2D eigenvalue weighted by Gasteiger charge is 2.30. The molecule has 0 saturated heterocycles. The first-order valence-electron chi connectivity index (χ1n) is 7.48. The average molecular weight is 311 g/mol. The fraction of sp³-hybridized carbons (Fsp3) is 0.294. The molecule has 0 atom stereocenters. The molecule has 1 aromatic carbocycles. The number of hydrogen-bond acceptors (Lipinski definition) is 4. The second-order valence-electron chi connectivity index (χ2n) is 5.68. The normalized spacial score (nSPS) is 13.6. The number of rotatable bonds is 5. The van der Waals surface area contributed by atoms with E-state index >= 15 is 0 Å². The topological polar surface area (TPSA) is 92.2 Å². The Morgan fingerprint density at radius 2 is 1.96 bits per heavy atom. The number of amides is 1. The van der Waals surface area contributed by atoms with Gasteiger partial charge in [0.25, 0.3) is 5.91 Å². The number of nitrogens with zero attached hydrogens (tertiary/aromatic N) is 2. The van der Waals surface area contributed by atoms with Gasteiger partial charge in [0.1, 0.15) is 5.82 Å². The lowest BCUT2D eigenvalue weighted by molar-refractivity contribution is 0.0696. The third kappa shape index (κ3) is 3.53. The predicted molar refractivity (Wildman–Crippen MR) is 83.3 cm³/mol. The van der Waals surface area contributed by atoms with Crippen LogP contribution in [-0.4, -0.2) is 27.0 Å². The summed E-state index contributed by atoms with van der Waals surface area (Å²) in [6.07, 6.45) is 3.71. The summed E-state index contributed by atoms with van der Waals surface area (Å²) in [5.74, 6) is -0.124. The van der Waals surface area contributed by atoms with Gasteiger partial charge in [0, 0.05) is 18.7 Å². The molecule has 1 aliphatic carbocycles. The summed E-state index contributed by atoms with van der Waals surface area (Å²) in [7, 11) is 0. The third-order valence-corrected chi connectivity index (χ3v) is 3.80. The van der Waals surface area contributed by atoms with Crippen LogP contribution in [0, 0.1) is 6.92 Å². The van der Waals surface area contributed by atoms with Crippen molar-refractivity contribution in [2.24, 2.45) is 0 Å². The van der Waals surface area contributed by atoms with Crippen LogP contribution < -0.4 is 5.32 Å². The first-order valence-corrected chi connectivity index (χ1v) is 7.48. The van der Waals surface area contributed by atoms with E-state index in [-0.39, 0.29) is 11.5 Å². The van der Waals surface area contributed by atoms with Crippen molar-refractivity contribution in [2.45, 2.75) is 32.2 Å². The standard InChI is InChI=1S/C17H17N3O3/c1-10-18-9-14(15(20-10)12-6-7-12)16(21)19-8-11-2-4-13(5-3-11)17(22)23/h2-5,9,12H,6-8H2,1H3,(H,19,21)(H,22,23). The molecule has 0 unspecified atom stereocenters. The lowest BCUT2D eigenvalue weighted by atomic mass is 10.1. The number of aryl methyl sites for hydroxylation is 1. The second-order valence-corrected chi connectivity index (χ2v) is 5.68. The molecule has 1 amide bonds. The number of aromatic nitrogens is 2. The molecule has 1 aromatic heterocycles. The van der Waals surface area contributed by atoms with Crippen LogP contribution in [0.5, 0.6) is 0 Å². The number of hydrogen-bond donors (Lipinski definition) is 2. The van der Waals surface area contributed by atoms with Gasteiger partial charge in [-0.2, -0.15) is 0 Å². The SMILES string of the molecule is Cc1ncc(C(=O)NCc2ccc(C(=O)O)cc2)c(C2CC2)n1. The zero-order valence-corrected chi connectivity index (χ0v) is 12.7. The van der Waals surface area contributed by atoms with E-state index in [9.17, 15) is 9.59 Å². The van der Waals surface area contributed by atoms with Crippen molar-refractivity contribution in [2.75, 3.05) is 0 Å². The van der Waals surface area contributed by atoms with E-state index in [1.54, 1.807) is 18.3 Å². The number of carboxylic acid groups (broad SMARTS) is 1. The molecule has 6 nitrogen and oxygen atoms in total. The Hall–Kier alpha value is -2.76. The Morgan fingerprint density at radius 1 is 1.26 bits per heavy atom. The van der Waals surface area contributed by atoms with Crippen LogP contribution in [0.4, 0.5) is 0 Å². The van der Waals surface area contributed by atoms with Crippen LogP contribution in [0.25, 0.3) is 0 Å². The van der Waals surface area contributed by atoms with Gasteiger partial charge in [-0.1, -0.05) is 12.1 Å². The van der Waals surface area contributed by atoms with Crippen LogP contribution >= 0.6 is 0 Å². The van der Waals surface area contributed by atoms with Crippen molar-refractivity contribution < 1.29 is 14.7 Å². The van der Waals surface area contributed by atoms with Crippen molar-refractivity contribution in [1.82, 2.24) is 15.3 Å². The fourth-order valence-electron chi connectivity index (χ4n) is 2.37. The van der Waals surface area contributed by atoms with Crippen molar-refractivity contribution in [3.8, 4) is 0 Å². The van der Waals surface area contributed by atoms with E-state index in [1.807, 2.05) is 6.92 Å². The van der Waals surface area contributed by atoms with Gasteiger partial charge in [-0.3, -0.25) is 4.79 Å². The Kier molecular flexibility index (Phi) is 4.06. The van der Waals surface area contributed by atoms with Crippen LogP contribution in [0.15, 0.2) is 30.5 Å². The molecule has 0 radical (unpaired) electrons. The first kappa shape index (κ1) is 15.1. The van der Waals surface area contributed by atoms with Crippen LogP contribution in [0.1, 0.15) is 56.6 Å². The van der Waals surface area contributed by atoms with E-state index in [1.165, 1.54) is 12.1 Å². The maximum atomic E-state index is 12.4. The van der Waals surface area contributed by atoms with Crippen molar-refractivity contribution >= 4 is 11.9 Å². The van der Waals surface area contributed by atoms with E-state index in [4.69, 9.17) is 5.11 Å². The van der Waals surface area contributed by atoms with E-state index < -0.39 is 5.97 Å². The minimum Gasteiger partial charge on any atom is -0.478 e. The largest absolute Gasteiger partial charge is 0.478 e. The van der Waals surface area contributed by atoms with Crippen molar-refractivity contribution in [3.05, 3.63) is 58.7 Å².